The summed E-state index contributed by atoms with van der Waals surface area (Å²) in [5.41, 5.74) is 1.21. The average molecular weight is 236 g/mol. The van der Waals surface area contributed by atoms with Gasteiger partial charge in [-0.25, -0.2) is 0 Å². The van der Waals surface area contributed by atoms with Crippen LogP contribution in [0.25, 0.3) is 0 Å². The Morgan fingerprint density at radius 2 is 2.47 bits per heavy atom. The van der Waals surface area contributed by atoms with E-state index in [1.807, 2.05) is 24.1 Å². The molecule has 1 aliphatic rings. The number of amides is 1. The molecule has 1 aliphatic heterocycles. The van der Waals surface area contributed by atoms with Crippen LogP contribution in [0.5, 0.6) is 0 Å². The molecule has 1 atom stereocenters. The molecule has 0 bridgehead atoms. The molecule has 2 rings (SSSR count). The second-order valence-electron chi connectivity index (χ2n) is 4.71. The van der Waals surface area contributed by atoms with E-state index in [-0.39, 0.29) is 11.8 Å². The molecule has 0 aliphatic carbocycles. The zero-order chi connectivity index (χ0) is 12.3. The number of aryl methyl sites for hydroxylation is 1. The smallest absolute Gasteiger partial charge is 0.224 e. The molecule has 17 heavy (non-hydrogen) atoms. The Morgan fingerprint density at radius 3 is 3.12 bits per heavy atom. The summed E-state index contributed by atoms with van der Waals surface area (Å²) in [6.45, 7) is 2.82. The van der Waals surface area contributed by atoms with E-state index in [0.29, 0.717) is 0 Å². The Balaban J connectivity index is 1.91. The van der Waals surface area contributed by atoms with Crippen molar-refractivity contribution in [3.63, 3.8) is 0 Å². The van der Waals surface area contributed by atoms with Gasteiger partial charge in [0.1, 0.15) is 0 Å². The first-order valence-electron chi connectivity index (χ1n) is 6.10. The highest BCUT2D eigenvalue weighted by Gasteiger charge is 2.24. The molecule has 1 aromatic rings. The number of nitrogens with zero attached hydrogens (tertiary/aromatic N) is 3. The van der Waals surface area contributed by atoms with Crippen molar-refractivity contribution in [2.45, 2.75) is 19.4 Å². The molecule has 2 heterocycles. The number of nitrogens with one attached hydrogen (secondary N) is 1. The highest BCUT2D eigenvalue weighted by atomic mass is 16.1. The zero-order valence-corrected chi connectivity index (χ0v) is 10.5. The zero-order valence-electron chi connectivity index (χ0n) is 10.5. The fraction of sp³-hybridized carbons (Fsp3) is 0.667. The molecule has 0 saturated carbocycles. The first-order valence-corrected chi connectivity index (χ1v) is 6.10. The van der Waals surface area contributed by atoms with Gasteiger partial charge in [0.15, 0.2) is 0 Å². The Morgan fingerprint density at radius 1 is 1.65 bits per heavy atom. The summed E-state index contributed by atoms with van der Waals surface area (Å²) in [7, 11) is 3.63. The summed E-state index contributed by atoms with van der Waals surface area (Å²) in [5, 5.41) is 6.90. The summed E-state index contributed by atoms with van der Waals surface area (Å²) in [5.74, 6) is 0.311. The Labute approximate surface area is 102 Å². The fourth-order valence-electron chi connectivity index (χ4n) is 2.43. The predicted molar refractivity (Wildman–Crippen MR) is 65.3 cm³/mol. The van der Waals surface area contributed by atoms with Crippen LogP contribution in [0.3, 0.4) is 0 Å². The second kappa shape index (κ2) is 5.31. The number of hydrogen-bond acceptors (Lipinski definition) is 3. The minimum Gasteiger partial charge on any atom is -0.359 e. The Bertz CT molecular complexity index is 388. The lowest BCUT2D eigenvalue weighted by molar-refractivity contribution is -0.126. The van der Waals surface area contributed by atoms with Crippen LogP contribution in [-0.2, 0) is 18.4 Å². The molecule has 0 spiro atoms. The van der Waals surface area contributed by atoms with Gasteiger partial charge in [0.2, 0.25) is 5.91 Å². The van der Waals surface area contributed by atoms with Gasteiger partial charge in [0, 0.05) is 38.9 Å². The molecular formula is C12H20N4O. The highest BCUT2D eigenvalue weighted by Crippen LogP contribution is 2.18. The molecule has 94 valence electrons. The van der Waals surface area contributed by atoms with Gasteiger partial charge in [0.25, 0.3) is 0 Å². The monoisotopic (exact) mass is 236 g/mol. The molecule has 5 nitrogen and oxygen atoms in total. The lowest BCUT2D eigenvalue weighted by Gasteiger charge is -2.31. The number of piperidine rings is 1. The Kier molecular flexibility index (Phi) is 3.78. The van der Waals surface area contributed by atoms with Crippen molar-refractivity contribution in [2.24, 2.45) is 13.0 Å². The maximum atomic E-state index is 11.6. The molecule has 1 saturated heterocycles. The minimum absolute atomic E-state index is 0.144. The number of aromatic nitrogens is 2. The second-order valence-corrected chi connectivity index (χ2v) is 4.71. The maximum Gasteiger partial charge on any atom is 0.224 e. The van der Waals surface area contributed by atoms with E-state index in [9.17, 15) is 4.79 Å². The van der Waals surface area contributed by atoms with Crippen molar-refractivity contribution in [1.29, 1.82) is 0 Å². The molecule has 1 amide bonds. The molecule has 5 heteroatoms. The standard InChI is InChI=1S/C12H20N4O/c1-13-12(17)11-4-3-5-16(9-11)8-10-6-14-15(2)7-10/h6-7,11H,3-5,8-9H2,1-2H3,(H,13,17). The third-order valence-corrected chi connectivity index (χ3v) is 3.29. The molecule has 0 aromatic carbocycles. The van der Waals surface area contributed by atoms with Crippen LogP contribution in [0, 0.1) is 5.92 Å². The van der Waals surface area contributed by atoms with E-state index in [1.165, 1.54) is 5.56 Å². The van der Waals surface area contributed by atoms with Gasteiger partial charge in [-0.1, -0.05) is 0 Å². The average Bonchev–Trinajstić information content (AvgIpc) is 2.74. The Hall–Kier alpha value is -1.36. The van der Waals surface area contributed by atoms with Gasteiger partial charge in [-0.3, -0.25) is 14.4 Å². The fourth-order valence-corrected chi connectivity index (χ4v) is 2.43. The first-order chi connectivity index (χ1) is 8.19. The lowest BCUT2D eigenvalue weighted by Crippen LogP contribution is -2.41. The van der Waals surface area contributed by atoms with Gasteiger partial charge < -0.3 is 5.32 Å². The van der Waals surface area contributed by atoms with Crippen molar-refractivity contribution in [3.8, 4) is 0 Å². The summed E-state index contributed by atoms with van der Waals surface area (Å²) < 4.78 is 1.81. The third kappa shape index (κ3) is 3.06. The van der Waals surface area contributed by atoms with Crippen LogP contribution < -0.4 is 5.32 Å². The van der Waals surface area contributed by atoms with E-state index < -0.39 is 0 Å². The number of likely N-dealkylation sites (tertiary alicyclic amines) is 1. The molecule has 1 fully saturated rings. The summed E-state index contributed by atoms with van der Waals surface area (Å²) in [6.07, 6.45) is 6.02. The largest absolute Gasteiger partial charge is 0.359 e. The summed E-state index contributed by atoms with van der Waals surface area (Å²) in [4.78, 5) is 13.9. The van der Waals surface area contributed by atoms with Crippen LogP contribution in [0.15, 0.2) is 12.4 Å². The van der Waals surface area contributed by atoms with E-state index in [4.69, 9.17) is 0 Å². The van der Waals surface area contributed by atoms with E-state index in [0.717, 1.165) is 32.5 Å². The van der Waals surface area contributed by atoms with Crippen LogP contribution in [-0.4, -0.2) is 40.7 Å². The SMILES string of the molecule is CNC(=O)C1CCCN(Cc2cnn(C)c2)C1. The number of hydrogen-bond donors (Lipinski definition) is 1. The van der Waals surface area contributed by atoms with E-state index in [1.54, 1.807) is 7.05 Å². The lowest BCUT2D eigenvalue weighted by atomic mass is 9.97. The van der Waals surface area contributed by atoms with Gasteiger partial charge in [-0.2, -0.15) is 5.10 Å². The molecule has 1 aromatic heterocycles. The van der Waals surface area contributed by atoms with Crippen LogP contribution in [0.2, 0.25) is 0 Å². The summed E-state index contributed by atoms with van der Waals surface area (Å²) in [6, 6.07) is 0. The van der Waals surface area contributed by atoms with Crippen molar-refractivity contribution in [2.75, 3.05) is 20.1 Å². The van der Waals surface area contributed by atoms with Gasteiger partial charge in [-0.05, 0) is 19.4 Å². The highest BCUT2D eigenvalue weighted by molar-refractivity contribution is 5.78. The van der Waals surface area contributed by atoms with Crippen molar-refractivity contribution < 1.29 is 4.79 Å². The molecule has 1 unspecified atom stereocenters. The quantitative estimate of drug-likeness (QED) is 0.825. The van der Waals surface area contributed by atoms with E-state index >= 15 is 0 Å². The number of carbonyl (C=O) groups excluding carboxylic acids is 1. The predicted octanol–water partition coefficient (Wildman–Crippen LogP) is 0.378. The van der Waals surface area contributed by atoms with Crippen molar-refractivity contribution in [1.82, 2.24) is 20.0 Å². The minimum atomic E-state index is 0.144. The van der Waals surface area contributed by atoms with Crippen LogP contribution in [0.4, 0.5) is 0 Å². The first kappa shape index (κ1) is 12.1. The molecule has 0 radical (unpaired) electrons. The third-order valence-electron chi connectivity index (χ3n) is 3.29. The summed E-state index contributed by atoms with van der Waals surface area (Å²) >= 11 is 0. The molecular weight excluding hydrogens is 216 g/mol. The van der Waals surface area contributed by atoms with Gasteiger partial charge in [0.05, 0.1) is 12.1 Å². The number of rotatable bonds is 3. The maximum absolute atomic E-state index is 11.6. The van der Waals surface area contributed by atoms with Crippen LogP contribution >= 0.6 is 0 Å². The number of carbonyl (C=O) groups is 1. The van der Waals surface area contributed by atoms with E-state index in [2.05, 4.69) is 15.3 Å². The van der Waals surface area contributed by atoms with Crippen molar-refractivity contribution >= 4 is 5.91 Å². The topological polar surface area (TPSA) is 50.2 Å². The molecule has 1 N–H and O–H groups in total. The van der Waals surface area contributed by atoms with Crippen molar-refractivity contribution in [3.05, 3.63) is 18.0 Å². The van der Waals surface area contributed by atoms with Gasteiger partial charge in [-0.15, -0.1) is 0 Å². The van der Waals surface area contributed by atoms with Gasteiger partial charge >= 0.3 is 0 Å². The normalized spacial score (nSPS) is 21.4. The van der Waals surface area contributed by atoms with Crippen LogP contribution in [0.1, 0.15) is 18.4 Å².